The molecule has 4 heteroatoms. The third-order valence-corrected chi connectivity index (χ3v) is 5.64. The molecule has 0 amide bonds. The van der Waals surface area contributed by atoms with Crippen molar-refractivity contribution in [1.82, 2.24) is 9.88 Å². The van der Waals surface area contributed by atoms with E-state index in [0.717, 1.165) is 19.6 Å². The highest BCUT2D eigenvalue weighted by atomic mass is 32.2. The number of piperidine rings is 1. The predicted molar refractivity (Wildman–Crippen MR) is 91.6 cm³/mol. The van der Waals surface area contributed by atoms with Gasteiger partial charge >= 0.3 is 0 Å². The van der Waals surface area contributed by atoms with E-state index in [-0.39, 0.29) is 5.56 Å². The van der Waals surface area contributed by atoms with E-state index in [1.807, 2.05) is 10.6 Å². The number of nitrogens with one attached hydrogen (secondary N) is 1. The lowest BCUT2D eigenvalue weighted by molar-refractivity contribution is 0.258. The van der Waals surface area contributed by atoms with Crippen LogP contribution < -0.4 is 10.9 Å². The summed E-state index contributed by atoms with van der Waals surface area (Å²) >= 11 is 1.75. The third-order valence-electron chi connectivity index (χ3n) is 4.90. The van der Waals surface area contributed by atoms with Gasteiger partial charge < -0.3 is 9.88 Å². The van der Waals surface area contributed by atoms with Crippen LogP contribution in [0.4, 0.5) is 0 Å². The normalized spacial score (nSPS) is 23.1. The summed E-state index contributed by atoms with van der Waals surface area (Å²) < 4.78 is 2.03. The number of aromatic nitrogens is 1. The van der Waals surface area contributed by atoms with E-state index in [0.29, 0.717) is 11.8 Å². The summed E-state index contributed by atoms with van der Waals surface area (Å²) in [6.45, 7) is 2.87. The maximum atomic E-state index is 12.3. The molecule has 1 aromatic heterocycles. The molecule has 0 radical (unpaired) electrons. The summed E-state index contributed by atoms with van der Waals surface area (Å²) in [5.74, 6) is 1.05. The molecule has 0 spiro atoms. The van der Waals surface area contributed by atoms with Crippen LogP contribution in [0.25, 0.3) is 11.1 Å². The van der Waals surface area contributed by atoms with E-state index in [2.05, 4.69) is 35.8 Å². The lowest BCUT2D eigenvalue weighted by Crippen LogP contribution is -2.45. The molecule has 1 N–H and O–H groups in total. The molecule has 22 heavy (non-hydrogen) atoms. The van der Waals surface area contributed by atoms with Crippen LogP contribution >= 0.6 is 11.8 Å². The molecule has 1 saturated heterocycles. The molecule has 114 valence electrons. The van der Waals surface area contributed by atoms with Gasteiger partial charge in [0, 0.05) is 41.2 Å². The number of thioether (sulfide) groups is 1. The lowest BCUT2D eigenvalue weighted by Gasteiger charge is -2.38. The topological polar surface area (TPSA) is 34.0 Å². The van der Waals surface area contributed by atoms with Gasteiger partial charge in [-0.15, -0.1) is 11.8 Å². The van der Waals surface area contributed by atoms with Crippen LogP contribution in [0.2, 0.25) is 0 Å². The second-order valence-electron chi connectivity index (χ2n) is 6.27. The van der Waals surface area contributed by atoms with Crippen LogP contribution in [0.3, 0.4) is 0 Å². The van der Waals surface area contributed by atoms with Crippen LogP contribution in [0.15, 0.2) is 46.1 Å². The van der Waals surface area contributed by atoms with Crippen molar-refractivity contribution < 1.29 is 0 Å². The Kier molecular flexibility index (Phi) is 3.59. The highest BCUT2D eigenvalue weighted by Crippen LogP contribution is 2.37. The first-order chi connectivity index (χ1) is 10.8. The predicted octanol–water partition coefficient (Wildman–Crippen LogP) is 2.94. The maximum absolute atomic E-state index is 12.3. The molecule has 4 rings (SSSR count). The maximum Gasteiger partial charge on any atom is 0.250 e. The fourth-order valence-electron chi connectivity index (χ4n) is 3.87. The number of rotatable bonds is 2. The largest absolute Gasteiger partial charge is 0.316 e. The summed E-state index contributed by atoms with van der Waals surface area (Å²) in [5.41, 5.74) is 3.81. The molecule has 1 fully saturated rings. The summed E-state index contributed by atoms with van der Waals surface area (Å²) in [5, 5.41) is 3.53. The van der Waals surface area contributed by atoms with E-state index in [1.54, 1.807) is 17.8 Å². The van der Waals surface area contributed by atoms with E-state index in [4.69, 9.17) is 0 Å². The van der Waals surface area contributed by atoms with Gasteiger partial charge in [-0.05, 0) is 48.9 Å². The van der Waals surface area contributed by atoms with Crippen LogP contribution in [0, 0.1) is 5.92 Å². The highest BCUT2D eigenvalue weighted by Gasteiger charge is 2.32. The average molecular weight is 312 g/mol. The first kappa shape index (κ1) is 14.1. The molecule has 2 aromatic rings. The van der Waals surface area contributed by atoms with E-state index < -0.39 is 0 Å². The Balaban J connectivity index is 1.86. The Morgan fingerprint density at radius 2 is 1.95 bits per heavy atom. The molecule has 0 saturated carbocycles. The first-order valence-corrected chi connectivity index (χ1v) is 9.07. The van der Waals surface area contributed by atoms with E-state index >= 15 is 0 Å². The van der Waals surface area contributed by atoms with Crippen molar-refractivity contribution >= 4 is 11.8 Å². The van der Waals surface area contributed by atoms with Crippen molar-refractivity contribution in [1.29, 1.82) is 0 Å². The molecule has 2 aliphatic heterocycles. The Bertz CT molecular complexity index is 751. The van der Waals surface area contributed by atoms with Crippen LogP contribution in [-0.2, 0) is 6.54 Å². The summed E-state index contributed by atoms with van der Waals surface area (Å²) in [7, 11) is 0. The number of benzene rings is 1. The Morgan fingerprint density at radius 3 is 2.73 bits per heavy atom. The van der Waals surface area contributed by atoms with Crippen molar-refractivity contribution in [2.24, 2.45) is 5.92 Å². The average Bonchev–Trinajstić information content (AvgIpc) is 2.56. The number of hydrogen-bond acceptors (Lipinski definition) is 3. The second-order valence-corrected chi connectivity index (χ2v) is 7.15. The van der Waals surface area contributed by atoms with Gasteiger partial charge in [0.05, 0.1) is 0 Å². The van der Waals surface area contributed by atoms with Gasteiger partial charge in [0.15, 0.2) is 0 Å². The van der Waals surface area contributed by atoms with Crippen LogP contribution in [0.5, 0.6) is 0 Å². The van der Waals surface area contributed by atoms with Gasteiger partial charge in [-0.2, -0.15) is 0 Å². The third kappa shape index (κ3) is 2.31. The van der Waals surface area contributed by atoms with Gasteiger partial charge in [0.25, 0.3) is 5.56 Å². The summed E-state index contributed by atoms with van der Waals surface area (Å²) in [4.78, 5) is 13.6. The Hall–Kier alpha value is -1.52. The molecular weight excluding hydrogens is 292 g/mol. The smallest absolute Gasteiger partial charge is 0.250 e. The highest BCUT2D eigenvalue weighted by molar-refractivity contribution is 7.98. The Labute approximate surface area is 134 Å². The van der Waals surface area contributed by atoms with Crippen LogP contribution in [0.1, 0.15) is 18.0 Å². The van der Waals surface area contributed by atoms with Gasteiger partial charge in [-0.3, -0.25) is 4.79 Å². The van der Waals surface area contributed by atoms with Gasteiger partial charge in [-0.1, -0.05) is 12.1 Å². The number of nitrogens with zero attached hydrogens (tertiary/aromatic N) is 1. The molecular formula is C18H20N2OS. The molecule has 3 heterocycles. The number of hydrogen-bond donors (Lipinski definition) is 1. The second kappa shape index (κ2) is 5.60. The quantitative estimate of drug-likeness (QED) is 0.866. The number of fused-ring (bicyclic) bond motifs is 4. The van der Waals surface area contributed by atoms with Gasteiger partial charge in [-0.25, -0.2) is 0 Å². The van der Waals surface area contributed by atoms with E-state index in [1.165, 1.54) is 28.1 Å². The minimum Gasteiger partial charge on any atom is -0.316 e. The minimum absolute atomic E-state index is 0.149. The van der Waals surface area contributed by atoms with Gasteiger partial charge in [0.1, 0.15) is 0 Å². The van der Waals surface area contributed by atoms with Gasteiger partial charge in [0.2, 0.25) is 0 Å². The van der Waals surface area contributed by atoms with Crippen molar-refractivity contribution in [3.63, 3.8) is 0 Å². The SMILES string of the molecule is CSc1ccc(-c2ccc(=O)n3c2[C@@H]2CNC[C@H](C2)C3)cc1. The molecule has 0 unspecified atom stereocenters. The molecule has 1 aromatic carbocycles. The fourth-order valence-corrected chi connectivity index (χ4v) is 4.28. The Morgan fingerprint density at radius 1 is 1.14 bits per heavy atom. The molecule has 0 aliphatic carbocycles. The van der Waals surface area contributed by atoms with Crippen molar-refractivity contribution in [3.05, 3.63) is 52.4 Å². The van der Waals surface area contributed by atoms with Crippen LogP contribution in [-0.4, -0.2) is 23.9 Å². The zero-order chi connectivity index (χ0) is 15.1. The standard InChI is InChI=1S/C18H20N2OS/c1-22-15-4-2-13(3-5-15)16-6-7-17(21)20-11-12-8-14(18(16)20)10-19-9-12/h2-7,12,14,19H,8-11H2,1H3/t12-,14-/m0/s1. The monoisotopic (exact) mass is 312 g/mol. The molecule has 2 atom stereocenters. The number of pyridine rings is 1. The zero-order valence-electron chi connectivity index (χ0n) is 12.7. The summed E-state index contributed by atoms with van der Waals surface area (Å²) in [6, 6.07) is 12.4. The minimum atomic E-state index is 0.149. The molecule has 2 aliphatic rings. The first-order valence-electron chi connectivity index (χ1n) is 7.85. The van der Waals surface area contributed by atoms with E-state index in [9.17, 15) is 4.79 Å². The van der Waals surface area contributed by atoms with Crippen molar-refractivity contribution in [2.75, 3.05) is 19.3 Å². The lowest BCUT2D eigenvalue weighted by atomic mass is 9.81. The summed E-state index contributed by atoms with van der Waals surface area (Å²) in [6.07, 6.45) is 3.29. The molecule has 2 bridgehead atoms. The van der Waals surface area contributed by atoms with Crippen molar-refractivity contribution in [3.8, 4) is 11.1 Å². The zero-order valence-corrected chi connectivity index (χ0v) is 13.5. The fraction of sp³-hybridized carbons (Fsp3) is 0.389. The molecule has 3 nitrogen and oxygen atoms in total. The van der Waals surface area contributed by atoms with Crippen molar-refractivity contribution in [2.45, 2.75) is 23.8 Å².